The Labute approximate surface area is 120 Å². The van der Waals surface area contributed by atoms with Crippen molar-refractivity contribution in [3.63, 3.8) is 0 Å². The van der Waals surface area contributed by atoms with E-state index in [0.29, 0.717) is 10.8 Å². The zero-order valence-electron chi connectivity index (χ0n) is 12.2. The number of nitro groups is 1. The van der Waals surface area contributed by atoms with E-state index in [-0.39, 0.29) is 10.7 Å². The molecule has 1 rings (SSSR count). The summed E-state index contributed by atoms with van der Waals surface area (Å²) in [5.41, 5.74) is 0.710. The minimum Gasteiger partial charge on any atom is -0.539 e. The first-order chi connectivity index (χ1) is 8.45. The van der Waals surface area contributed by atoms with Crippen LogP contribution in [0.4, 0.5) is 5.69 Å². The van der Waals surface area contributed by atoms with Gasteiger partial charge in [-0.25, -0.2) is 0 Å². The van der Waals surface area contributed by atoms with Crippen LogP contribution in [0.3, 0.4) is 0 Å². The normalized spacial score (nSPS) is 12.4. The average Bonchev–Trinajstić information content (AvgIpc) is 2.20. The number of rotatable bonds is 3. The van der Waals surface area contributed by atoms with Gasteiger partial charge in [0.25, 0.3) is 8.32 Å². The summed E-state index contributed by atoms with van der Waals surface area (Å²) in [6.45, 7) is 12.2. The van der Waals surface area contributed by atoms with Gasteiger partial charge in [0.2, 0.25) is 0 Å². The van der Waals surface area contributed by atoms with Gasteiger partial charge < -0.3 is 4.43 Å². The van der Waals surface area contributed by atoms with Crippen molar-refractivity contribution in [2.75, 3.05) is 0 Å². The van der Waals surface area contributed by atoms with Crippen LogP contribution >= 0.6 is 11.6 Å². The van der Waals surface area contributed by atoms with Gasteiger partial charge in [-0.05, 0) is 36.7 Å². The molecule has 0 aliphatic carbocycles. The van der Waals surface area contributed by atoms with Crippen LogP contribution in [0.5, 0.6) is 5.75 Å². The molecule has 0 heterocycles. The van der Waals surface area contributed by atoms with E-state index in [0.717, 1.165) is 5.56 Å². The van der Waals surface area contributed by atoms with Crippen molar-refractivity contribution >= 4 is 25.6 Å². The van der Waals surface area contributed by atoms with E-state index in [9.17, 15) is 10.1 Å². The smallest absolute Gasteiger partial charge is 0.311 e. The lowest BCUT2D eigenvalue weighted by Gasteiger charge is -2.36. The molecular formula is C13H20ClNO3Si. The topological polar surface area (TPSA) is 52.4 Å². The fraction of sp³-hybridized carbons (Fsp3) is 0.538. The molecule has 0 radical (unpaired) electrons. The van der Waals surface area contributed by atoms with Gasteiger partial charge >= 0.3 is 5.69 Å². The lowest BCUT2D eigenvalue weighted by atomic mass is 10.2. The molecule has 0 atom stereocenters. The van der Waals surface area contributed by atoms with Gasteiger partial charge in [-0.2, -0.15) is 0 Å². The molecule has 0 amide bonds. The van der Waals surface area contributed by atoms with Crippen LogP contribution < -0.4 is 4.43 Å². The molecule has 6 heteroatoms. The van der Waals surface area contributed by atoms with E-state index < -0.39 is 13.2 Å². The van der Waals surface area contributed by atoms with E-state index in [2.05, 4.69) is 33.9 Å². The molecule has 19 heavy (non-hydrogen) atoms. The Morgan fingerprint density at radius 1 is 1.32 bits per heavy atom. The Morgan fingerprint density at radius 3 is 2.26 bits per heavy atom. The molecule has 0 aromatic heterocycles. The molecule has 0 N–H and O–H groups in total. The number of benzene rings is 1. The van der Waals surface area contributed by atoms with Gasteiger partial charge in [-0.15, -0.1) is 0 Å². The first-order valence-corrected chi connectivity index (χ1v) is 9.38. The summed E-state index contributed by atoms with van der Waals surface area (Å²) < 4.78 is 6.03. The Morgan fingerprint density at radius 2 is 1.84 bits per heavy atom. The molecular weight excluding hydrogens is 282 g/mol. The fourth-order valence-corrected chi connectivity index (χ4v) is 2.47. The van der Waals surface area contributed by atoms with Gasteiger partial charge in [0.05, 0.1) is 9.95 Å². The molecule has 4 nitrogen and oxygen atoms in total. The minimum absolute atomic E-state index is 0.0194. The van der Waals surface area contributed by atoms with Crippen molar-refractivity contribution in [2.45, 2.75) is 45.8 Å². The second-order valence-electron chi connectivity index (χ2n) is 6.19. The van der Waals surface area contributed by atoms with Gasteiger partial charge in [0, 0.05) is 6.07 Å². The highest BCUT2D eigenvalue weighted by atomic mass is 35.5. The van der Waals surface area contributed by atoms with Gasteiger partial charge in [-0.3, -0.25) is 10.1 Å². The summed E-state index contributed by atoms with van der Waals surface area (Å²) in [5.74, 6) is 0.318. The van der Waals surface area contributed by atoms with Crippen molar-refractivity contribution in [1.29, 1.82) is 0 Å². The molecule has 0 fully saturated rings. The summed E-state index contributed by atoms with van der Waals surface area (Å²) in [7, 11) is -2.11. The van der Waals surface area contributed by atoms with E-state index in [1.54, 1.807) is 6.07 Å². The molecule has 1 aromatic rings. The molecule has 106 valence electrons. The predicted molar refractivity (Wildman–Crippen MR) is 80.7 cm³/mol. The molecule has 0 unspecified atom stereocenters. The lowest BCUT2D eigenvalue weighted by molar-refractivity contribution is -0.385. The van der Waals surface area contributed by atoms with Crippen LogP contribution in [0, 0.1) is 17.0 Å². The first kappa shape index (κ1) is 16.0. The average molecular weight is 302 g/mol. The first-order valence-electron chi connectivity index (χ1n) is 6.09. The Bertz CT molecular complexity index is 509. The third-order valence-electron chi connectivity index (χ3n) is 3.61. The van der Waals surface area contributed by atoms with E-state index in [1.165, 1.54) is 6.07 Å². The zero-order chi connectivity index (χ0) is 15.0. The Hall–Kier alpha value is -1.07. The largest absolute Gasteiger partial charge is 0.539 e. The monoisotopic (exact) mass is 301 g/mol. The quantitative estimate of drug-likeness (QED) is 0.451. The van der Waals surface area contributed by atoms with Gasteiger partial charge in [0.1, 0.15) is 0 Å². The Kier molecular flexibility index (Phi) is 4.32. The van der Waals surface area contributed by atoms with Crippen LogP contribution in [-0.2, 0) is 0 Å². The molecule has 0 aliphatic heterocycles. The number of hydrogen-bond acceptors (Lipinski definition) is 3. The third-order valence-corrected chi connectivity index (χ3v) is 8.36. The predicted octanol–water partition coefficient (Wildman–Crippen LogP) is 4.94. The molecule has 0 saturated carbocycles. The maximum absolute atomic E-state index is 11.1. The number of nitrogens with zero attached hydrogens (tertiary/aromatic N) is 1. The lowest BCUT2D eigenvalue weighted by Crippen LogP contribution is -2.44. The highest BCUT2D eigenvalue weighted by molar-refractivity contribution is 6.74. The SMILES string of the molecule is Cc1cc(O[Si](C)(C)C(C)(C)C)c([N+](=O)[O-])cc1Cl. The second kappa shape index (κ2) is 5.13. The minimum atomic E-state index is -2.11. The summed E-state index contributed by atoms with van der Waals surface area (Å²) >= 11 is 5.94. The summed E-state index contributed by atoms with van der Waals surface area (Å²) in [5, 5.41) is 11.5. The second-order valence-corrected chi connectivity index (χ2v) is 11.3. The van der Waals surface area contributed by atoms with Crippen LogP contribution in [0.2, 0.25) is 23.2 Å². The van der Waals surface area contributed by atoms with Gasteiger partial charge in [0.15, 0.2) is 5.75 Å². The third kappa shape index (κ3) is 3.48. The molecule has 0 aliphatic rings. The molecule has 1 aromatic carbocycles. The van der Waals surface area contributed by atoms with Crippen molar-refractivity contribution in [3.8, 4) is 5.75 Å². The summed E-state index contributed by atoms with van der Waals surface area (Å²) in [6, 6.07) is 3.01. The van der Waals surface area contributed by atoms with Crippen molar-refractivity contribution < 1.29 is 9.35 Å². The Balaban J connectivity index is 3.28. The van der Waals surface area contributed by atoms with Crippen molar-refractivity contribution in [1.82, 2.24) is 0 Å². The number of nitro benzene ring substituents is 1. The van der Waals surface area contributed by atoms with Crippen LogP contribution in [0.25, 0.3) is 0 Å². The summed E-state index contributed by atoms with van der Waals surface area (Å²) in [4.78, 5) is 10.7. The number of hydrogen-bond donors (Lipinski definition) is 0. The molecule has 0 spiro atoms. The number of halogens is 1. The van der Waals surface area contributed by atoms with E-state index in [1.807, 2.05) is 6.92 Å². The molecule has 0 saturated heterocycles. The van der Waals surface area contributed by atoms with E-state index in [4.69, 9.17) is 16.0 Å². The van der Waals surface area contributed by atoms with Gasteiger partial charge in [-0.1, -0.05) is 32.4 Å². The van der Waals surface area contributed by atoms with Crippen molar-refractivity contribution in [3.05, 3.63) is 32.8 Å². The van der Waals surface area contributed by atoms with Crippen LogP contribution in [0.1, 0.15) is 26.3 Å². The number of aryl methyl sites for hydroxylation is 1. The highest BCUT2D eigenvalue weighted by Crippen LogP contribution is 2.41. The van der Waals surface area contributed by atoms with Crippen molar-refractivity contribution in [2.24, 2.45) is 0 Å². The van der Waals surface area contributed by atoms with E-state index >= 15 is 0 Å². The standard InChI is InChI=1S/C13H20ClNO3Si/c1-9-7-12(11(15(16)17)8-10(9)14)18-19(5,6)13(2,3)4/h7-8H,1-6H3. The fourth-order valence-electron chi connectivity index (χ4n) is 1.30. The zero-order valence-corrected chi connectivity index (χ0v) is 14.0. The molecule has 0 bridgehead atoms. The van der Waals surface area contributed by atoms with Crippen LogP contribution in [-0.4, -0.2) is 13.2 Å². The maximum Gasteiger partial charge on any atom is 0.311 e. The maximum atomic E-state index is 11.1. The highest BCUT2D eigenvalue weighted by Gasteiger charge is 2.40. The summed E-state index contributed by atoms with van der Waals surface area (Å²) in [6.07, 6.45) is 0. The van der Waals surface area contributed by atoms with Crippen LogP contribution in [0.15, 0.2) is 12.1 Å².